The fourth-order valence-electron chi connectivity index (χ4n) is 7.95. The fourth-order valence-corrected chi connectivity index (χ4v) is 7.95. The van der Waals surface area contributed by atoms with Crippen LogP contribution in [-0.2, 0) is 20.9 Å². The molecule has 1 atom stereocenters. The average molecular weight is 452 g/mol. The van der Waals surface area contributed by atoms with Crippen molar-refractivity contribution in [2.75, 3.05) is 38.2 Å². The maximum absolute atomic E-state index is 13.9. The monoisotopic (exact) mass is 451 g/mol. The number of amides is 2. The molecule has 178 valence electrons. The van der Waals surface area contributed by atoms with Gasteiger partial charge in [0.1, 0.15) is 6.04 Å². The van der Waals surface area contributed by atoms with Crippen LogP contribution < -0.4 is 5.32 Å². The van der Waals surface area contributed by atoms with Crippen LogP contribution in [0.2, 0.25) is 0 Å². The van der Waals surface area contributed by atoms with Gasteiger partial charge >= 0.3 is 0 Å². The summed E-state index contributed by atoms with van der Waals surface area (Å²) in [7, 11) is 0. The van der Waals surface area contributed by atoms with Crippen molar-refractivity contribution in [3.8, 4) is 0 Å². The molecule has 6 aliphatic rings. The quantitative estimate of drug-likeness (QED) is 0.742. The van der Waals surface area contributed by atoms with Gasteiger partial charge in [0.2, 0.25) is 11.8 Å². The molecule has 2 aliphatic heterocycles. The Bertz CT molecular complexity index is 874. The summed E-state index contributed by atoms with van der Waals surface area (Å²) in [6, 6.07) is 7.84. The first kappa shape index (κ1) is 21.6. The molecule has 6 heteroatoms. The third kappa shape index (κ3) is 4.21. The van der Waals surface area contributed by atoms with Crippen LogP contribution in [0.25, 0.3) is 0 Å². The number of carbonyl (C=O) groups is 2. The Labute approximate surface area is 197 Å². The Morgan fingerprint density at radius 3 is 2.39 bits per heavy atom. The Balaban J connectivity index is 1.13. The van der Waals surface area contributed by atoms with Crippen molar-refractivity contribution < 1.29 is 14.3 Å². The molecule has 7 rings (SSSR count). The largest absolute Gasteiger partial charge is 0.379 e. The number of nitrogens with one attached hydrogen (secondary N) is 1. The van der Waals surface area contributed by atoms with Crippen LogP contribution in [0.1, 0.15) is 56.9 Å². The number of rotatable bonds is 5. The van der Waals surface area contributed by atoms with Crippen molar-refractivity contribution >= 4 is 17.5 Å². The number of hydrogen-bond donors (Lipinski definition) is 1. The molecule has 2 amide bonds. The van der Waals surface area contributed by atoms with Crippen molar-refractivity contribution in [2.24, 2.45) is 23.2 Å². The fraction of sp³-hybridized carbons (Fsp3) is 0.704. The summed E-state index contributed by atoms with van der Waals surface area (Å²) in [5.74, 6) is 2.49. The molecule has 1 aromatic rings. The number of anilines is 1. The molecular weight excluding hydrogens is 414 g/mol. The summed E-state index contributed by atoms with van der Waals surface area (Å²) < 4.78 is 5.45. The Hall–Kier alpha value is -1.92. The highest BCUT2D eigenvalue weighted by Crippen LogP contribution is 2.60. The van der Waals surface area contributed by atoms with Gasteiger partial charge in [-0.05, 0) is 86.8 Å². The third-order valence-corrected chi connectivity index (χ3v) is 9.01. The molecule has 0 spiro atoms. The van der Waals surface area contributed by atoms with E-state index in [4.69, 9.17) is 4.74 Å². The van der Waals surface area contributed by atoms with E-state index >= 15 is 0 Å². The van der Waals surface area contributed by atoms with Crippen LogP contribution >= 0.6 is 0 Å². The zero-order valence-corrected chi connectivity index (χ0v) is 19.6. The Kier molecular flexibility index (Phi) is 5.69. The minimum Gasteiger partial charge on any atom is -0.379 e. The number of nitrogens with zero attached hydrogens (tertiary/aromatic N) is 2. The van der Waals surface area contributed by atoms with Crippen LogP contribution in [0.5, 0.6) is 0 Å². The zero-order valence-electron chi connectivity index (χ0n) is 19.6. The second kappa shape index (κ2) is 8.70. The van der Waals surface area contributed by atoms with Gasteiger partial charge in [-0.15, -0.1) is 0 Å². The molecule has 0 aromatic heterocycles. The van der Waals surface area contributed by atoms with Crippen LogP contribution in [0.4, 0.5) is 5.69 Å². The highest BCUT2D eigenvalue weighted by Gasteiger charge is 2.56. The predicted molar refractivity (Wildman–Crippen MR) is 127 cm³/mol. The maximum atomic E-state index is 13.9. The van der Waals surface area contributed by atoms with Gasteiger partial charge in [-0.2, -0.15) is 0 Å². The van der Waals surface area contributed by atoms with E-state index in [-0.39, 0.29) is 17.4 Å². The van der Waals surface area contributed by atoms with Gasteiger partial charge in [-0.3, -0.25) is 14.5 Å². The first-order valence-corrected chi connectivity index (χ1v) is 13.1. The molecule has 4 bridgehead atoms. The van der Waals surface area contributed by atoms with E-state index in [1.54, 1.807) is 0 Å². The van der Waals surface area contributed by atoms with Gasteiger partial charge in [0.05, 0.1) is 18.6 Å². The lowest BCUT2D eigenvalue weighted by Crippen LogP contribution is -2.56. The lowest BCUT2D eigenvalue weighted by Gasteiger charge is -2.56. The van der Waals surface area contributed by atoms with Crippen molar-refractivity contribution in [2.45, 2.75) is 64.0 Å². The topological polar surface area (TPSA) is 61.9 Å². The highest BCUT2D eigenvalue weighted by atomic mass is 16.5. The molecule has 33 heavy (non-hydrogen) atoms. The van der Waals surface area contributed by atoms with Crippen molar-refractivity contribution in [1.29, 1.82) is 0 Å². The van der Waals surface area contributed by atoms with Crippen LogP contribution in [0.15, 0.2) is 24.3 Å². The highest BCUT2D eigenvalue weighted by molar-refractivity contribution is 5.98. The van der Waals surface area contributed by atoms with Crippen LogP contribution in [0.3, 0.4) is 0 Å². The van der Waals surface area contributed by atoms with E-state index in [2.05, 4.69) is 22.3 Å². The van der Waals surface area contributed by atoms with Gasteiger partial charge in [0.25, 0.3) is 0 Å². The first-order valence-electron chi connectivity index (χ1n) is 13.1. The average Bonchev–Trinajstić information content (AvgIpc) is 3.29. The summed E-state index contributed by atoms with van der Waals surface area (Å²) in [5, 5.41) is 3.14. The summed E-state index contributed by atoms with van der Waals surface area (Å²) in [6.07, 6.45) is 8.88. The lowest BCUT2D eigenvalue weighted by atomic mass is 9.49. The van der Waals surface area contributed by atoms with Crippen LogP contribution in [0, 0.1) is 23.2 Å². The molecule has 4 aliphatic carbocycles. The van der Waals surface area contributed by atoms with Crippen molar-refractivity contribution in [3.63, 3.8) is 0 Å². The molecule has 0 radical (unpaired) electrons. The van der Waals surface area contributed by atoms with E-state index in [1.165, 1.54) is 24.8 Å². The van der Waals surface area contributed by atoms with Gasteiger partial charge in [0.15, 0.2) is 0 Å². The smallest absolute Gasteiger partial charge is 0.247 e. The van der Waals surface area contributed by atoms with Crippen molar-refractivity contribution in [1.82, 2.24) is 9.80 Å². The molecule has 1 unspecified atom stereocenters. The lowest BCUT2D eigenvalue weighted by molar-refractivity contribution is -0.160. The van der Waals surface area contributed by atoms with Crippen LogP contribution in [-0.4, -0.2) is 60.5 Å². The number of likely N-dealkylation sites (tertiary alicyclic amines) is 1. The zero-order chi connectivity index (χ0) is 22.4. The number of benzene rings is 1. The predicted octanol–water partition coefficient (Wildman–Crippen LogP) is 3.66. The van der Waals surface area contributed by atoms with E-state index in [0.717, 1.165) is 94.9 Å². The summed E-state index contributed by atoms with van der Waals surface area (Å²) >= 11 is 0. The summed E-state index contributed by atoms with van der Waals surface area (Å²) in [5.41, 5.74) is 1.86. The molecular formula is C27H37N3O3. The van der Waals surface area contributed by atoms with Gasteiger partial charge < -0.3 is 15.0 Å². The normalized spacial score (nSPS) is 35.7. The molecule has 6 nitrogen and oxygen atoms in total. The SMILES string of the molecule is O=C(Nc1cccc(CN2CCOCC2)c1)C1CCCN1C(=O)C12CC3CC(CC(C3)C1)C2. The van der Waals surface area contributed by atoms with E-state index < -0.39 is 0 Å². The Morgan fingerprint density at radius 1 is 1.00 bits per heavy atom. The standard InChI is InChI=1S/C27H37N3O3/c31-25(28-23-4-1-3-19(14-23)18-29-7-9-33-10-8-29)24-5-2-6-30(24)26(32)27-15-20-11-21(16-27)13-22(12-20)17-27/h1,3-4,14,20-22,24H,2,5-13,15-18H2,(H,28,31). The number of carbonyl (C=O) groups excluding carboxylic acids is 2. The molecule has 2 heterocycles. The second-order valence-electron chi connectivity index (χ2n) is 11.4. The number of hydrogen-bond acceptors (Lipinski definition) is 4. The number of morpholine rings is 1. The molecule has 6 fully saturated rings. The molecule has 4 saturated carbocycles. The van der Waals surface area contributed by atoms with E-state index in [9.17, 15) is 9.59 Å². The molecule has 1 N–H and O–H groups in total. The van der Waals surface area contributed by atoms with E-state index in [0.29, 0.717) is 5.91 Å². The Morgan fingerprint density at radius 2 is 1.70 bits per heavy atom. The molecule has 2 saturated heterocycles. The number of ether oxygens (including phenoxy) is 1. The molecule has 1 aromatic carbocycles. The maximum Gasteiger partial charge on any atom is 0.247 e. The van der Waals surface area contributed by atoms with Gasteiger partial charge in [0, 0.05) is 31.9 Å². The van der Waals surface area contributed by atoms with E-state index in [1.807, 2.05) is 17.0 Å². The minimum absolute atomic E-state index is 0.0194. The minimum atomic E-state index is -0.326. The van der Waals surface area contributed by atoms with Gasteiger partial charge in [-0.1, -0.05) is 12.1 Å². The third-order valence-electron chi connectivity index (χ3n) is 9.01. The summed E-state index contributed by atoms with van der Waals surface area (Å²) in [6.45, 7) is 5.06. The van der Waals surface area contributed by atoms with Gasteiger partial charge in [-0.25, -0.2) is 0 Å². The van der Waals surface area contributed by atoms with Crippen molar-refractivity contribution in [3.05, 3.63) is 29.8 Å². The summed E-state index contributed by atoms with van der Waals surface area (Å²) in [4.78, 5) is 31.5. The second-order valence-corrected chi connectivity index (χ2v) is 11.4. The first-order chi connectivity index (χ1) is 16.1.